The van der Waals surface area contributed by atoms with Crippen molar-refractivity contribution in [2.45, 2.75) is 38.0 Å². The lowest BCUT2D eigenvalue weighted by Gasteiger charge is -2.37. The fraction of sp³-hybridized carbons (Fsp3) is 0.625. The zero-order chi connectivity index (χ0) is 13.9. The first-order valence-corrected chi connectivity index (χ1v) is 8.13. The van der Waals surface area contributed by atoms with Gasteiger partial charge in [-0.1, -0.05) is 29.8 Å². The van der Waals surface area contributed by atoms with E-state index in [1.807, 2.05) is 0 Å². The van der Waals surface area contributed by atoms with Crippen LogP contribution in [-0.4, -0.2) is 35.0 Å². The van der Waals surface area contributed by atoms with Gasteiger partial charge in [0, 0.05) is 36.2 Å². The first-order valence-electron chi connectivity index (χ1n) is 7.15. The van der Waals surface area contributed by atoms with Gasteiger partial charge in [-0.05, 0) is 32.8 Å². The van der Waals surface area contributed by atoms with E-state index >= 15 is 0 Å². The van der Waals surface area contributed by atoms with E-state index in [-0.39, 0.29) is 6.04 Å². The Balaban J connectivity index is 1.85. The molecule has 1 heterocycles. The maximum absolute atomic E-state index is 6.32. The smallest absolute Gasteiger partial charge is 0.0307 e. The Labute approximate surface area is 121 Å². The summed E-state index contributed by atoms with van der Waals surface area (Å²) in [5.41, 5.74) is 8.88. The fourth-order valence-corrected chi connectivity index (χ4v) is 3.87. The van der Waals surface area contributed by atoms with Gasteiger partial charge in [-0.25, -0.2) is 0 Å². The van der Waals surface area contributed by atoms with Crippen LogP contribution in [0.1, 0.15) is 37.4 Å². The number of aryl methyl sites for hydroxylation is 1. The van der Waals surface area contributed by atoms with Gasteiger partial charge in [0.2, 0.25) is 0 Å². The van der Waals surface area contributed by atoms with Gasteiger partial charge in [0.25, 0.3) is 0 Å². The molecule has 3 heteroatoms. The molecule has 1 atom stereocenters. The third kappa shape index (κ3) is 4.51. The number of thioether (sulfide) groups is 1. The van der Waals surface area contributed by atoms with Gasteiger partial charge in [0.15, 0.2) is 0 Å². The summed E-state index contributed by atoms with van der Waals surface area (Å²) in [6.45, 7) is 10.3. The zero-order valence-electron chi connectivity index (χ0n) is 12.4. The third-order valence-electron chi connectivity index (χ3n) is 3.73. The quantitative estimate of drug-likeness (QED) is 0.917. The van der Waals surface area contributed by atoms with Crippen LogP contribution >= 0.6 is 11.8 Å². The van der Waals surface area contributed by atoms with Crippen LogP contribution in [0.25, 0.3) is 0 Å². The van der Waals surface area contributed by atoms with Crippen molar-refractivity contribution >= 4 is 11.8 Å². The third-order valence-corrected chi connectivity index (χ3v) is 5.03. The SMILES string of the molecule is Cc1cccc(C(N)CCN2CCSC(C)(C)C2)c1. The molecule has 0 aromatic heterocycles. The van der Waals surface area contributed by atoms with Crippen LogP contribution in [0.15, 0.2) is 24.3 Å². The summed E-state index contributed by atoms with van der Waals surface area (Å²) in [6, 6.07) is 8.75. The lowest BCUT2D eigenvalue weighted by molar-refractivity contribution is 0.251. The second kappa shape index (κ2) is 6.29. The topological polar surface area (TPSA) is 29.3 Å². The summed E-state index contributed by atoms with van der Waals surface area (Å²) in [5.74, 6) is 1.24. The molecule has 0 spiro atoms. The lowest BCUT2D eigenvalue weighted by Crippen LogP contribution is -2.43. The van der Waals surface area contributed by atoms with Gasteiger partial charge in [-0.2, -0.15) is 11.8 Å². The monoisotopic (exact) mass is 278 g/mol. The molecule has 0 bridgehead atoms. The highest BCUT2D eigenvalue weighted by atomic mass is 32.2. The molecule has 1 unspecified atom stereocenters. The van der Waals surface area contributed by atoms with E-state index in [4.69, 9.17) is 5.73 Å². The molecule has 0 aliphatic carbocycles. The van der Waals surface area contributed by atoms with Gasteiger partial charge >= 0.3 is 0 Å². The number of rotatable bonds is 4. The number of nitrogens with two attached hydrogens (primary N) is 1. The highest BCUT2D eigenvalue weighted by molar-refractivity contribution is 8.00. The summed E-state index contributed by atoms with van der Waals surface area (Å²) >= 11 is 2.08. The molecular weight excluding hydrogens is 252 g/mol. The van der Waals surface area contributed by atoms with E-state index in [2.05, 4.69) is 61.7 Å². The molecule has 0 amide bonds. The molecule has 0 radical (unpaired) electrons. The Hall–Kier alpha value is -0.510. The van der Waals surface area contributed by atoms with Gasteiger partial charge in [0.05, 0.1) is 0 Å². The average Bonchev–Trinajstić information content (AvgIpc) is 2.35. The van der Waals surface area contributed by atoms with Crippen molar-refractivity contribution in [2.24, 2.45) is 5.73 Å². The summed E-state index contributed by atoms with van der Waals surface area (Å²) in [5, 5.41) is 0. The van der Waals surface area contributed by atoms with Crippen molar-refractivity contribution in [1.29, 1.82) is 0 Å². The predicted octanol–water partition coefficient (Wildman–Crippen LogP) is 3.21. The van der Waals surface area contributed by atoms with Crippen molar-refractivity contribution in [3.63, 3.8) is 0 Å². The van der Waals surface area contributed by atoms with Crippen molar-refractivity contribution in [1.82, 2.24) is 4.90 Å². The number of benzene rings is 1. The van der Waals surface area contributed by atoms with Crippen LogP contribution in [0.3, 0.4) is 0 Å². The van der Waals surface area contributed by atoms with Crippen molar-refractivity contribution in [2.75, 3.05) is 25.4 Å². The summed E-state index contributed by atoms with van der Waals surface area (Å²) in [7, 11) is 0. The number of hydrogen-bond donors (Lipinski definition) is 1. The second-order valence-electron chi connectivity index (χ2n) is 6.19. The minimum Gasteiger partial charge on any atom is -0.324 e. The Morgan fingerprint density at radius 1 is 1.42 bits per heavy atom. The fourth-order valence-electron chi connectivity index (χ4n) is 2.69. The van der Waals surface area contributed by atoms with Gasteiger partial charge < -0.3 is 10.6 Å². The lowest BCUT2D eigenvalue weighted by atomic mass is 10.0. The average molecular weight is 278 g/mol. The molecule has 106 valence electrons. The Bertz CT molecular complexity index is 417. The molecule has 19 heavy (non-hydrogen) atoms. The van der Waals surface area contributed by atoms with E-state index in [1.165, 1.54) is 30.0 Å². The molecule has 1 saturated heterocycles. The molecule has 1 aromatic carbocycles. The first-order chi connectivity index (χ1) is 8.96. The van der Waals surface area contributed by atoms with Crippen LogP contribution in [0.4, 0.5) is 0 Å². The van der Waals surface area contributed by atoms with Crippen LogP contribution in [0.2, 0.25) is 0 Å². The standard InChI is InChI=1S/C16H26N2S/c1-13-5-4-6-14(11-13)15(17)7-8-18-9-10-19-16(2,3)12-18/h4-6,11,15H,7-10,12,17H2,1-3H3. The van der Waals surface area contributed by atoms with Gasteiger partial charge in [-0.3, -0.25) is 0 Å². The van der Waals surface area contributed by atoms with E-state index < -0.39 is 0 Å². The van der Waals surface area contributed by atoms with Crippen molar-refractivity contribution in [3.05, 3.63) is 35.4 Å². The Kier molecular flexibility index (Phi) is 4.93. The van der Waals surface area contributed by atoms with Crippen molar-refractivity contribution < 1.29 is 0 Å². The number of nitrogens with zero attached hydrogens (tertiary/aromatic N) is 1. The highest BCUT2D eigenvalue weighted by Crippen LogP contribution is 2.29. The van der Waals surface area contributed by atoms with Crippen LogP contribution in [0, 0.1) is 6.92 Å². The molecule has 1 fully saturated rings. The summed E-state index contributed by atoms with van der Waals surface area (Å²) in [6.07, 6.45) is 1.05. The summed E-state index contributed by atoms with van der Waals surface area (Å²) < 4.78 is 0.395. The molecule has 1 aliphatic heterocycles. The summed E-state index contributed by atoms with van der Waals surface area (Å²) in [4.78, 5) is 2.56. The molecular formula is C16H26N2S. The van der Waals surface area contributed by atoms with Gasteiger partial charge in [-0.15, -0.1) is 0 Å². The first kappa shape index (κ1) is 14.9. The predicted molar refractivity (Wildman–Crippen MR) is 85.7 cm³/mol. The highest BCUT2D eigenvalue weighted by Gasteiger charge is 2.26. The van der Waals surface area contributed by atoms with Crippen LogP contribution in [0.5, 0.6) is 0 Å². The van der Waals surface area contributed by atoms with Gasteiger partial charge in [0.1, 0.15) is 0 Å². The molecule has 2 N–H and O–H groups in total. The molecule has 2 rings (SSSR count). The van der Waals surface area contributed by atoms with Crippen molar-refractivity contribution in [3.8, 4) is 0 Å². The number of hydrogen-bond acceptors (Lipinski definition) is 3. The maximum atomic E-state index is 6.32. The second-order valence-corrected chi connectivity index (χ2v) is 8.00. The maximum Gasteiger partial charge on any atom is 0.0307 e. The van der Waals surface area contributed by atoms with E-state index in [1.54, 1.807) is 0 Å². The van der Waals surface area contributed by atoms with E-state index in [9.17, 15) is 0 Å². The normalized spacial score (nSPS) is 21.3. The van der Waals surface area contributed by atoms with Crippen LogP contribution in [-0.2, 0) is 0 Å². The molecule has 1 aliphatic rings. The largest absolute Gasteiger partial charge is 0.324 e. The molecule has 1 aromatic rings. The molecule has 0 saturated carbocycles. The Morgan fingerprint density at radius 2 is 2.21 bits per heavy atom. The zero-order valence-corrected chi connectivity index (χ0v) is 13.2. The van der Waals surface area contributed by atoms with E-state index in [0.717, 1.165) is 13.0 Å². The Morgan fingerprint density at radius 3 is 2.89 bits per heavy atom. The minimum atomic E-state index is 0.164. The van der Waals surface area contributed by atoms with E-state index in [0.29, 0.717) is 4.75 Å². The molecule has 2 nitrogen and oxygen atoms in total. The van der Waals surface area contributed by atoms with Crippen LogP contribution < -0.4 is 5.73 Å². The minimum absolute atomic E-state index is 0.164.